The molecule has 5 heteroatoms. The Morgan fingerprint density at radius 2 is 1.71 bits per heavy atom. The van der Waals surface area contributed by atoms with Crippen molar-refractivity contribution in [2.24, 2.45) is 0 Å². The lowest BCUT2D eigenvalue weighted by Crippen LogP contribution is -2.47. The summed E-state index contributed by atoms with van der Waals surface area (Å²) in [5.74, 6) is 0.0678. The number of carbonyl (C=O) groups excluding carboxylic acids is 2. The lowest BCUT2D eigenvalue weighted by Gasteiger charge is -2.32. The van der Waals surface area contributed by atoms with Gasteiger partial charge in [-0.05, 0) is 36.6 Å². The molecule has 1 N–H and O–H groups in total. The quantitative estimate of drug-likeness (QED) is 0.764. The lowest BCUT2D eigenvalue weighted by molar-refractivity contribution is -0.131. The van der Waals surface area contributed by atoms with Crippen molar-refractivity contribution in [2.75, 3.05) is 13.1 Å². The molecule has 0 bridgehead atoms. The number of aromatic nitrogens is 1. The number of nitrogens with zero attached hydrogens (tertiary/aromatic N) is 2. The number of hydrogen-bond acceptors (Lipinski definition) is 3. The maximum absolute atomic E-state index is 12.8. The molecule has 3 aromatic rings. The van der Waals surface area contributed by atoms with Crippen LogP contribution in [0.15, 0.2) is 66.9 Å². The van der Waals surface area contributed by atoms with Crippen molar-refractivity contribution in [1.29, 1.82) is 0 Å². The maximum Gasteiger partial charge on any atom is 0.251 e. The van der Waals surface area contributed by atoms with Gasteiger partial charge < -0.3 is 10.2 Å². The largest absolute Gasteiger partial charge is 0.349 e. The van der Waals surface area contributed by atoms with Gasteiger partial charge in [-0.1, -0.05) is 42.5 Å². The molecule has 142 valence electrons. The number of likely N-dealkylation sites (tertiary alicyclic amines) is 1. The smallest absolute Gasteiger partial charge is 0.251 e. The summed E-state index contributed by atoms with van der Waals surface area (Å²) in [4.78, 5) is 31.4. The summed E-state index contributed by atoms with van der Waals surface area (Å²) in [5, 5.41) is 4.13. The maximum atomic E-state index is 12.8. The zero-order chi connectivity index (χ0) is 19.3. The lowest BCUT2D eigenvalue weighted by atomic mass is 10.0. The van der Waals surface area contributed by atoms with Crippen LogP contribution in [0.1, 0.15) is 28.8 Å². The highest BCUT2D eigenvalue weighted by molar-refractivity contribution is 5.94. The zero-order valence-electron chi connectivity index (χ0n) is 15.7. The van der Waals surface area contributed by atoms with Crippen molar-refractivity contribution in [3.8, 4) is 0 Å². The minimum absolute atomic E-state index is 0.0489. The van der Waals surface area contributed by atoms with Gasteiger partial charge in [-0.25, -0.2) is 0 Å². The predicted octanol–water partition coefficient (Wildman–Crippen LogP) is 3.20. The van der Waals surface area contributed by atoms with E-state index in [1.807, 2.05) is 65.6 Å². The summed E-state index contributed by atoms with van der Waals surface area (Å²) in [6, 6.07) is 19.2. The normalized spacial score (nSPS) is 14.8. The molecule has 0 atom stereocenters. The second-order valence-electron chi connectivity index (χ2n) is 7.16. The van der Waals surface area contributed by atoms with E-state index in [1.54, 1.807) is 6.20 Å². The van der Waals surface area contributed by atoms with Crippen LogP contribution < -0.4 is 5.32 Å². The average Bonchev–Trinajstić information content (AvgIpc) is 2.75. The Morgan fingerprint density at radius 1 is 0.964 bits per heavy atom. The van der Waals surface area contributed by atoms with E-state index in [4.69, 9.17) is 0 Å². The van der Waals surface area contributed by atoms with E-state index in [0.29, 0.717) is 25.1 Å². The molecule has 4 rings (SSSR count). The molecule has 2 amide bonds. The SMILES string of the molecule is O=C(NC1CCN(C(=O)Cc2cccc3cccnc23)CC1)c1ccccc1. The molecule has 5 nitrogen and oxygen atoms in total. The first kappa shape index (κ1) is 18.2. The van der Waals surface area contributed by atoms with Crippen molar-refractivity contribution in [2.45, 2.75) is 25.3 Å². The van der Waals surface area contributed by atoms with Gasteiger partial charge in [0.2, 0.25) is 5.91 Å². The number of pyridine rings is 1. The fraction of sp³-hybridized carbons (Fsp3) is 0.261. The minimum atomic E-state index is -0.0489. The number of para-hydroxylation sites is 1. The topological polar surface area (TPSA) is 62.3 Å². The summed E-state index contributed by atoms with van der Waals surface area (Å²) in [5.41, 5.74) is 2.52. The summed E-state index contributed by atoms with van der Waals surface area (Å²) >= 11 is 0. The number of carbonyl (C=O) groups is 2. The first-order valence-electron chi connectivity index (χ1n) is 9.67. The second kappa shape index (κ2) is 8.21. The number of benzene rings is 2. The molecule has 1 fully saturated rings. The van der Waals surface area contributed by atoms with Crippen molar-refractivity contribution >= 4 is 22.7 Å². The van der Waals surface area contributed by atoms with Crippen LogP contribution >= 0.6 is 0 Å². The predicted molar refractivity (Wildman–Crippen MR) is 109 cm³/mol. The van der Waals surface area contributed by atoms with Gasteiger partial charge in [-0.2, -0.15) is 0 Å². The van der Waals surface area contributed by atoms with Gasteiger partial charge in [0.15, 0.2) is 0 Å². The summed E-state index contributed by atoms with van der Waals surface area (Å²) in [6.07, 6.45) is 3.67. The minimum Gasteiger partial charge on any atom is -0.349 e. The second-order valence-corrected chi connectivity index (χ2v) is 7.16. The van der Waals surface area contributed by atoms with Crippen LogP contribution in [0.4, 0.5) is 0 Å². The number of rotatable bonds is 4. The first-order valence-corrected chi connectivity index (χ1v) is 9.67. The molecule has 0 unspecified atom stereocenters. The number of fused-ring (bicyclic) bond motifs is 1. The highest BCUT2D eigenvalue weighted by Crippen LogP contribution is 2.18. The van der Waals surface area contributed by atoms with Gasteiger partial charge in [-0.15, -0.1) is 0 Å². The van der Waals surface area contributed by atoms with Crippen LogP contribution in [0, 0.1) is 0 Å². The molecule has 0 radical (unpaired) electrons. The van der Waals surface area contributed by atoms with E-state index in [9.17, 15) is 9.59 Å². The van der Waals surface area contributed by atoms with Gasteiger partial charge in [0.25, 0.3) is 5.91 Å². The van der Waals surface area contributed by atoms with E-state index in [1.165, 1.54) is 0 Å². The van der Waals surface area contributed by atoms with Gasteiger partial charge in [0, 0.05) is 36.3 Å². The molecule has 0 saturated carbocycles. The van der Waals surface area contributed by atoms with Gasteiger partial charge in [0.1, 0.15) is 0 Å². The molecule has 1 saturated heterocycles. The Labute approximate surface area is 164 Å². The highest BCUT2D eigenvalue weighted by Gasteiger charge is 2.24. The summed E-state index contributed by atoms with van der Waals surface area (Å²) < 4.78 is 0. The number of piperidine rings is 1. The zero-order valence-corrected chi connectivity index (χ0v) is 15.7. The number of nitrogens with one attached hydrogen (secondary N) is 1. The molecule has 0 aliphatic carbocycles. The molecule has 28 heavy (non-hydrogen) atoms. The van der Waals surface area contributed by atoms with Crippen molar-refractivity contribution in [3.63, 3.8) is 0 Å². The molecule has 2 heterocycles. The average molecular weight is 373 g/mol. The fourth-order valence-electron chi connectivity index (χ4n) is 3.72. The summed E-state index contributed by atoms with van der Waals surface area (Å²) in [6.45, 7) is 1.33. The van der Waals surface area contributed by atoms with Crippen molar-refractivity contribution in [1.82, 2.24) is 15.2 Å². The molecule has 2 aromatic carbocycles. The third-order valence-corrected chi connectivity index (χ3v) is 5.28. The Balaban J connectivity index is 1.33. The highest BCUT2D eigenvalue weighted by atomic mass is 16.2. The Bertz CT molecular complexity index is 974. The van der Waals surface area contributed by atoms with E-state index >= 15 is 0 Å². The third kappa shape index (κ3) is 4.03. The Morgan fingerprint density at radius 3 is 2.50 bits per heavy atom. The third-order valence-electron chi connectivity index (χ3n) is 5.28. The van der Waals surface area contributed by atoms with Crippen LogP contribution in [0.2, 0.25) is 0 Å². The van der Waals surface area contributed by atoms with Crippen molar-refractivity contribution in [3.05, 3.63) is 78.0 Å². The molecular formula is C23H23N3O2. The van der Waals surface area contributed by atoms with E-state index < -0.39 is 0 Å². The van der Waals surface area contributed by atoms with Gasteiger partial charge >= 0.3 is 0 Å². The summed E-state index contributed by atoms with van der Waals surface area (Å²) in [7, 11) is 0. The Hall–Kier alpha value is -3.21. The number of hydrogen-bond donors (Lipinski definition) is 1. The van der Waals surface area contributed by atoms with E-state index in [-0.39, 0.29) is 17.9 Å². The van der Waals surface area contributed by atoms with Gasteiger partial charge in [0.05, 0.1) is 11.9 Å². The Kier molecular flexibility index (Phi) is 5.33. The molecule has 1 aliphatic heterocycles. The van der Waals surface area contributed by atoms with Crippen LogP contribution in [0.3, 0.4) is 0 Å². The molecular weight excluding hydrogens is 350 g/mol. The first-order chi connectivity index (χ1) is 13.7. The van der Waals surface area contributed by atoms with Crippen molar-refractivity contribution < 1.29 is 9.59 Å². The molecule has 1 aliphatic rings. The monoisotopic (exact) mass is 373 g/mol. The van der Waals surface area contributed by atoms with E-state index in [2.05, 4.69) is 10.3 Å². The molecule has 1 aromatic heterocycles. The van der Waals surface area contributed by atoms with Crippen LogP contribution in [-0.4, -0.2) is 40.8 Å². The fourth-order valence-corrected chi connectivity index (χ4v) is 3.72. The molecule has 0 spiro atoms. The van der Waals surface area contributed by atoms with Crippen LogP contribution in [0.25, 0.3) is 10.9 Å². The standard InChI is InChI=1S/C23H23N3O2/c27-21(16-19-9-4-8-17-10-5-13-24-22(17)19)26-14-11-20(12-15-26)25-23(28)18-6-2-1-3-7-18/h1-10,13,20H,11-12,14-16H2,(H,25,28). The van der Waals surface area contributed by atoms with Crippen LogP contribution in [0.5, 0.6) is 0 Å². The van der Waals surface area contributed by atoms with Crippen LogP contribution in [-0.2, 0) is 11.2 Å². The van der Waals surface area contributed by atoms with E-state index in [0.717, 1.165) is 29.3 Å². The van der Waals surface area contributed by atoms with Gasteiger partial charge in [-0.3, -0.25) is 14.6 Å². The number of amides is 2.